The topological polar surface area (TPSA) is 0 Å². The Hall–Kier alpha value is 0.307. The highest BCUT2D eigenvalue weighted by Gasteiger charge is 2.13. The van der Waals surface area contributed by atoms with Crippen molar-refractivity contribution in [2.24, 2.45) is 0 Å². The minimum Gasteiger partial charge on any atom is -0.126 e. The lowest BCUT2D eigenvalue weighted by Gasteiger charge is -1.89. The lowest BCUT2D eigenvalue weighted by molar-refractivity contribution is 1.48. The first-order chi connectivity index (χ1) is 5.39. The fourth-order valence-corrected chi connectivity index (χ4v) is 0.534. The number of hydrogen-bond donors (Lipinski definition) is 0. The molecule has 68 valence electrons. The predicted octanol–water partition coefficient (Wildman–Crippen LogP) is 4.27. The SMILES string of the molecule is C[Si](Cl)(Cl)Cl.Cc1ccccc1. The standard InChI is InChI=1S/C7H8.CH3Cl3Si/c1-7-5-3-2-4-6-7;1-5(2,3)4/h2-6H,1H3;1H3. The molecule has 0 bridgehead atoms. The van der Waals surface area contributed by atoms with E-state index in [1.807, 2.05) is 18.2 Å². The van der Waals surface area contributed by atoms with Crippen LogP contribution in [0.5, 0.6) is 0 Å². The number of benzene rings is 1. The van der Waals surface area contributed by atoms with Gasteiger partial charge in [-0.3, -0.25) is 0 Å². The molecule has 1 rings (SSSR count). The van der Waals surface area contributed by atoms with E-state index in [0.29, 0.717) is 0 Å². The lowest BCUT2D eigenvalue weighted by atomic mass is 10.2. The monoisotopic (exact) mass is 240 g/mol. The molecule has 0 N–H and O–H groups in total. The van der Waals surface area contributed by atoms with E-state index in [-0.39, 0.29) is 0 Å². The van der Waals surface area contributed by atoms with Gasteiger partial charge in [-0.15, -0.1) is 33.2 Å². The third-order valence-electron chi connectivity index (χ3n) is 0.940. The molecule has 12 heavy (non-hydrogen) atoms. The molecule has 0 saturated carbocycles. The molecule has 0 spiro atoms. The normalized spacial score (nSPS) is 10.1. The van der Waals surface area contributed by atoms with Crippen molar-refractivity contribution in [3.8, 4) is 0 Å². The Balaban J connectivity index is 0.000000217. The summed E-state index contributed by atoms with van der Waals surface area (Å²) in [7, 11) is 0. The second kappa shape index (κ2) is 5.87. The van der Waals surface area contributed by atoms with Gasteiger partial charge in [-0.25, -0.2) is 0 Å². The van der Waals surface area contributed by atoms with Crippen LogP contribution in [-0.4, -0.2) is 6.00 Å². The average molecular weight is 242 g/mol. The molecule has 0 saturated heterocycles. The van der Waals surface area contributed by atoms with Crippen molar-refractivity contribution in [3.63, 3.8) is 0 Å². The van der Waals surface area contributed by atoms with Gasteiger partial charge in [0, 0.05) is 0 Å². The molecule has 0 aliphatic carbocycles. The Morgan fingerprint density at radius 1 is 1.00 bits per heavy atom. The maximum Gasteiger partial charge on any atom is 0.338 e. The van der Waals surface area contributed by atoms with E-state index in [2.05, 4.69) is 19.1 Å². The number of halogens is 3. The second-order valence-electron chi connectivity index (χ2n) is 2.44. The van der Waals surface area contributed by atoms with Crippen LogP contribution in [0.25, 0.3) is 0 Å². The Labute approximate surface area is 88.6 Å². The van der Waals surface area contributed by atoms with Gasteiger partial charge in [0.1, 0.15) is 0 Å². The summed E-state index contributed by atoms with van der Waals surface area (Å²) in [6.45, 7) is 3.71. The molecule has 4 heteroatoms. The smallest absolute Gasteiger partial charge is 0.126 e. The van der Waals surface area contributed by atoms with Crippen LogP contribution in [0.3, 0.4) is 0 Å². The zero-order chi connectivity index (χ0) is 9.61. The summed E-state index contributed by atoms with van der Waals surface area (Å²) >= 11 is 15.6. The number of rotatable bonds is 0. The van der Waals surface area contributed by atoms with Gasteiger partial charge in [-0.2, -0.15) is 0 Å². The highest BCUT2D eigenvalue weighted by atomic mass is 35.8. The first-order valence-corrected chi connectivity index (χ1v) is 9.01. The summed E-state index contributed by atoms with van der Waals surface area (Å²) in [5.41, 5.74) is 1.32. The molecule has 0 radical (unpaired) electrons. The van der Waals surface area contributed by atoms with Crippen molar-refractivity contribution < 1.29 is 0 Å². The van der Waals surface area contributed by atoms with Crippen LogP contribution in [0, 0.1) is 6.92 Å². The van der Waals surface area contributed by atoms with Crippen LogP contribution in [0.4, 0.5) is 0 Å². The van der Waals surface area contributed by atoms with Crippen LogP contribution < -0.4 is 0 Å². The third-order valence-corrected chi connectivity index (χ3v) is 0.940. The fourth-order valence-electron chi connectivity index (χ4n) is 0.534. The lowest BCUT2D eigenvalue weighted by Crippen LogP contribution is -1.97. The minimum absolute atomic E-state index is 1.32. The first-order valence-electron chi connectivity index (χ1n) is 3.48. The summed E-state index contributed by atoms with van der Waals surface area (Å²) in [6, 6.07) is 8.07. The molecule has 0 amide bonds. The molecule has 0 unspecified atom stereocenters. The molecule has 1 aromatic rings. The van der Waals surface area contributed by atoms with Crippen LogP contribution in [0.15, 0.2) is 30.3 Å². The van der Waals surface area contributed by atoms with Gasteiger partial charge in [0.15, 0.2) is 0 Å². The van der Waals surface area contributed by atoms with Crippen molar-refractivity contribution in [1.82, 2.24) is 0 Å². The molecule has 0 fully saturated rings. The van der Waals surface area contributed by atoms with Crippen molar-refractivity contribution >= 4 is 39.2 Å². The van der Waals surface area contributed by atoms with Gasteiger partial charge in [0.05, 0.1) is 0 Å². The van der Waals surface area contributed by atoms with E-state index >= 15 is 0 Å². The van der Waals surface area contributed by atoms with E-state index in [4.69, 9.17) is 33.2 Å². The van der Waals surface area contributed by atoms with Crippen molar-refractivity contribution in [2.75, 3.05) is 0 Å². The molecule has 0 heterocycles. The highest BCUT2D eigenvalue weighted by Crippen LogP contribution is 2.17. The third kappa shape index (κ3) is 12.9. The molecule has 0 aliphatic heterocycles. The minimum atomic E-state index is -2.19. The Morgan fingerprint density at radius 3 is 1.50 bits per heavy atom. The van der Waals surface area contributed by atoms with Gasteiger partial charge in [0.25, 0.3) is 0 Å². The van der Waals surface area contributed by atoms with Gasteiger partial charge in [-0.1, -0.05) is 35.9 Å². The highest BCUT2D eigenvalue weighted by molar-refractivity contribution is 7.64. The van der Waals surface area contributed by atoms with Crippen LogP contribution in [0.2, 0.25) is 6.55 Å². The molecular formula is C8H11Cl3Si. The second-order valence-corrected chi connectivity index (χ2v) is 12.5. The Bertz CT molecular complexity index is 199. The first kappa shape index (κ1) is 12.3. The van der Waals surface area contributed by atoms with E-state index in [9.17, 15) is 0 Å². The van der Waals surface area contributed by atoms with E-state index in [1.165, 1.54) is 5.56 Å². The van der Waals surface area contributed by atoms with E-state index < -0.39 is 6.00 Å². The Kier molecular flexibility index (Phi) is 6.02. The maximum absolute atomic E-state index is 5.20. The fraction of sp³-hybridized carbons (Fsp3) is 0.250. The van der Waals surface area contributed by atoms with Crippen molar-refractivity contribution in [3.05, 3.63) is 35.9 Å². The van der Waals surface area contributed by atoms with E-state index in [1.54, 1.807) is 6.55 Å². The van der Waals surface area contributed by atoms with Crippen LogP contribution >= 0.6 is 33.2 Å². The predicted molar refractivity (Wildman–Crippen MR) is 60.4 cm³/mol. The van der Waals surface area contributed by atoms with Gasteiger partial charge >= 0.3 is 6.00 Å². The maximum atomic E-state index is 5.20. The number of aryl methyl sites for hydroxylation is 1. The molecule has 0 atom stereocenters. The summed E-state index contributed by atoms with van der Waals surface area (Å²) in [4.78, 5) is 0. The van der Waals surface area contributed by atoms with E-state index in [0.717, 1.165) is 0 Å². The quantitative estimate of drug-likeness (QED) is 0.470. The summed E-state index contributed by atoms with van der Waals surface area (Å²) in [5, 5.41) is 0. The van der Waals surface area contributed by atoms with Gasteiger partial charge < -0.3 is 0 Å². The summed E-state index contributed by atoms with van der Waals surface area (Å²) in [5.74, 6) is 0. The molecule has 0 aromatic heterocycles. The molecular weight excluding hydrogens is 231 g/mol. The molecule has 1 aromatic carbocycles. The van der Waals surface area contributed by atoms with Crippen LogP contribution in [-0.2, 0) is 0 Å². The van der Waals surface area contributed by atoms with Crippen molar-refractivity contribution in [2.45, 2.75) is 13.5 Å². The molecule has 0 aliphatic rings. The van der Waals surface area contributed by atoms with Crippen LogP contribution in [0.1, 0.15) is 5.56 Å². The zero-order valence-corrected chi connectivity index (χ0v) is 10.3. The Morgan fingerprint density at radius 2 is 1.33 bits per heavy atom. The average Bonchev–Trinajstić information content (AvgIpc) is 1.85. The summed E-state index contributed by atoms with van der Waals surface area (Å²) in [6.07, 6.45) is 0. The summed E-state index contributed by atoms with van der Waals surface area (Å²) < 4.78 is 0. The zero-order valence-electron chi connectivity index (χ0n) is 7.02. The van der Waals surface area contributed by atoms with Gasteiger partial charge in [-0.05, 0) is 13.5 Å². The largest absolute Gasteiger partial charge is 0.338 e. The van der Waals surface area contributed by atoms with Gasteiger partial charge in [0.2, 0.25) is 0 Å². The molecule has 0 nitrogen and oxygen atoms in total. The number of hydrogen-bond acceptors (Lipinski definition) is 0. The van der Waals surface area contributed by atoms with Crippen molar-refractivity contribution in [1.29, 1.82) is 0 Å².